The van der Waals surface area contributed by atoms with E-state index < -0.39 is 18.9 Å². The third-order valence-electron chi connectivity index (χ3n) is 5.38. The topological polar surface area (TPSA) is 46.2 Å². The number of hydrogen-bond acceptors (Lipinski definition) is 5. The van der Waals surface area contributed by atoms with Crippen LogP contribution in [0.1, 0.15) is 52.9 Å². The lowest BCUT2D eigenvalue weighted by molar-refractivity contribution is -0.236. The summed E-state index contributed by atoms with van der Waals surface area (Å²) in [5.74, 6) is 0.809. The summed E-state index contributed by atoms with van der Waals surface area (Å²) in [6, 6.07) is 7.73. The summed E-state index contributed by atoms with van der Waals surface area (Å²) in [5, 5.41) is 0. The van der Waals surface area contributed by atoms with Crippen LogP contribution >= 0.6 is 0 Å². The van der Waals surface area contributed by atoms with Gasteiger partial charge >= 0.3 is 7.12 Å². The summed E-state index contributed by atoms with van der Waals surface area (Å²) in [4.78, 5) is 0. The summed E-state index contributed by atoms with van der Waals surface area (Å²) in [6.45, 7) is 10.8. The predicted octanol–water partition coefficient (Wildman–Crippen LogP) is 3.52. The summed E-state index contributed by atoms with van der Waals surface area (Å²) >= 11 is 0. The molecule has 0 bridgehead atoms. The highest BCUT2D eigenvalue weighted by molar-refractivity contribution is 6.49. The standard InChI is InChI=1S/C18H27BO5/c1-16(2)17(3,4)24-19(23-16)18(5)11-12-21-15(22-18)13-7-9-14(20-6)10-8-13/h7-10,15H,11-12H2,1-6H3. The Kier molecular flexibility index (Phi) is 4.45. The SMILES string of the molecule is COc1ccc(C2OCCC(C)(B3OC(C)(C)C(C)(C)O3)O2)cc1. The molecule has 5 nitrogen and oxygen atoms in total. The third-order valence-corrected chi connectivity index (χ3v) is 5.38. The van der Waals surface area contributed by atoms with E-state index in [-0.39, 0.29) is 11.2 Å². The predicted molar refractivity (Wildman–Crippen MR) is 91.9 cm³/mol. The van der Waals surface area contributed by atoms with Crippen LogP contribution in [0.5, 0.6) is 5.75 Å². The minimum Gasteiger partial charge on any atom is -0.497 e. The molecule has 0 aliphatic carbocycles. The van der Waals surface area contributed by atoms with Crippen LogP contribution in [0.2, 0.25) is 0 Å². The van der Waals surface area contributed by atoms with Crippen molar-refractivity contribution in [2.45, 2.75) is 64.0 Å². The Labute approximate surface area is 144 Å². The van der Waals surface area contributed by atoms with Gasteiger partial charge < -0.3 is 23.5 Å². The van der Waals surface area contributed by atoms with Crippen molar-refractivity contribution in [3.8, 4) is 5.75 Å². The molecule has 0 radical (unpaired) electrons. The van der Waals surface area contributed by atoms with E-state index in [1.807, 2.05) is 31.2 Å². The van der Waals surface area contributed by atoms with Crippen molar-refractivity contribution >= 4 is 7.12 Å². The third kappa shape index (κ3) is 3.08. The molecule has 24 heavy (non-hydrogen) atoms. The zero-order chi connectivity index (χ0) is 17.6. The number of benzene rings is 1. The molecule has 2 atom stereocenters. The van der Waals surface area contributed by atoms with Crippen molar-refractivity contribution in [3.05, 3.63) is 29.8 Å². The molecule has 0 N–H and O–H groups in total. The number of rotatable bonds is 3. The summed E-state index contributed by atoms with van der Waals surface area (Å²) in [5.41, 5.74) is -0.359. The van der Waals surface area contributed by atoms with Gasteiger partial charge in [-0.15, -0.1) is 0 Å². The first kappa shape index (κ1) is 17.7. The molecule has 2 fully saturated rings. The lowest BCUT2D eigenvalue weighted by Gasteiger charge is -2.39. The molecule has 2 saturated heterocycles. The first-order chi connectivity index (χ1) is 11.2. The van der Waals surface area contributed by atoms with Crippen molar-refractivity contribution in [3.63, 3.8) is 0 Å². The van der Waals surface area contributed by atoms with E-state index in [4.69, 9.17) is 23.5 Å². The first-order valence-electron chi connectivity index (χ1n) is 8.46. The van der Waals surface area contributed by atoms with Gasteiger partial charge in [0.25, 0.3) is 0 Å². The molecule has 1 aromatic rings. The molecule has 2 aliphatic heterocycles. The summed E-state index contributed by atoms with van der Waals surface area (Å²) in [6.07, 6.45) is 0.282. The van der Waals surface area contributed by atoms with Crippen LogP contribution in [0.4, 0.5) is 0 Å². The minimum atomic E-state index is -0.562. The molecule has 2 heterocycles. The average Bonchev–Trinajstić information content (AvgIpc) is 2.76. The second kappa shape index (κ2) is 6.02. The zero-order valence-electron chi connectivity index (χ0n) is 15.4. The van der Waals surface area contributed by atoms with Crippen molar-refractivity contribution in [2.24, 2.45) is 0 Å². The Balaban J connectivity index is 1.77. The molecule has 1 aromatic carbocycles. The fraction of sp³-hybridized carbons (Fsp3) is 0.667. The first-order valence-corrected chi connectivity index (χ1v) is 8.46. The Morgan fingerprint density at radius 1 is 1.00 bits per heavy atom. The van der Waals surface area contributed by atoms with Gasteiger partial charge in [0.2, 0.25) is 0 Å². The minimum absolute atomic E-state index is 0.377. The molecule has 2 aliphatic rings. The maximum atomic E-state index is 6.29. The van der Waals surface area contributed by atoms with Gasteiger partial charge in [-0.3, -0.25) is 0 Å². The highest BCUT2D eigenvalue weighted by Gasteiger charge is 2.60. The van der Waals surface area contributed by atoms with E-state index in [0.717, 1.165) is 17.7 Å². The van der Waals surface area contributed by atoms with Gasteiger partial charge in [0, 0.05) is 5.56 Å². The molecule has 0 amide bonds. The van der Waals surface area contributed by atoms with E-state index in [1.54, 1.807) is 7.11 Å². The molecule has 2 unspecified atom stereocenters. The monoisotopic (exact) mass is 334 g/mol. The fourth-order valence-electron chi connectivity index (χ4n) is 2.90. The number of methoxy groups -OCH3 is 1. The summed E-state index contributed by atoms with van der Waals surface area (Å²) < 4.78 is 29.7. The van der Waals surface area contributed by atoms with Crippen LogP contribution in [-0.2, 0) is 18.8 Å². The van der Waals surface area contributed by atoms with Crippen LogP contribution in [0.15, 0.2) is 24.3 Å². The normalized spacial score (nSPS) is 31.9. The van der Waals surface area contributed by atoms with Gasteiger partial charge in [-0.25, -0.2) is 0 Å². The van der Waals surface area contributed by atoms with Gasteiger partial charge in [0.05, 0.1) is 24.9 Å². The largest absolute Gasteiger partial charge is 0.497 e. The second-order valence-corrected chi connectivity index (χ2v) is 7.74. The van der Waals surface area contributed by atoms with E-state index in [0.29, 0.717) is 6.61 Å². The van der Waals surface area contributed by atoms with Crippen LogP contribution < -0.4 is 4.74 Å². The van der Waals surface area contributed by atoms with Crippen LogP contribution in [-0.4, -0.2) is 37.5 Å². The number of hydrogen-bond donors (Lipinski definition) is 0. The van der Waals surface area contributed by atoms with Gasteiger partial charge in [0.15, 0.2) is 6.29 Å². The Morgan fingerprint density at radius 3 is 2.12 bits per heavy atom. The molecular weight excluding hydrogens is 307 g/mol. The second-order valence-electron chi connectivity index (χ2n) is 7.74. The van der Waals surface area contributed by atoms with Gasteiger partial charge in [-0.05, 0) is 53.2 Å². The van der Waals surface area contributed by atoms with Crippen molar-refractivity contribution in [2.75, 3.05) is 13.7 Å². The van der Waals surface area contributed by atoms with Crippen LogP contribution in [0.3, 0.4) is 0 Å². The fourth-order valence-corrected chi connectivity index (χ4v) is 2.90. The molecule has 0 aromatic heterocycles. The molecule has 0 spiro atoms. The lowest BCUT2D eigenvalue weighted by atomic mass is 9.66. The van der Waals surface area contributed by atoms with Gasteiger partial charge in [0.1, 0.15) is 11.2 Å². The maximum absolute atomic E-state index is 6.29. The van der Waals surface area contributed by atoms with E-state index in [9.17, 15) is 0 Å². The van der Waals surface area contributed by atoms with Gasteiger partial charge in [-0.2, -0.15) is 0 Å². The quantitative estimate of drug-likeness (QED) is 0.792. The number of ether oxygens (including phenoxy) is 3. The van der Waals surface area contributed by atoms with Crippen molar-refractivity contribution < 1.29 is 23.5 Å². The van der Waals surface area contributed by atoms with Crippen molar-refractivity contribution in [1.82, 2.24) is 0 Å². The molecule has 0 saturated carbocycles. The van der Waals surface area contributed by atoms with E-state index in [1.165, 1.54) is 0 Å². The van der Waals surface area contributed by atoms with Crippen LogP contribution in [0, 0.1) is 0 Å². The highest BCUT2D eigenvalue weighted by Crippen LogP contribution is 2.44. The Morgan fingerprint density at radius 2 is 1.58 bits per heavy atom. The van der Waals surface area contributed by atoms with E-state index in [2.05, 4.69) is 27.7 Å². The lowest BCUT2D eigenvalue weighted by Crippen LogP contribution is -2.52. The smallest absolute Gasteiger partial charge is 0.492 e. The van der Waals surface area contributed by atoms with Gasteiger partial charge in [-0.1, -0.05) is 12.1 Å². The van der Waals surface area contributed by atoms with Crippen molar-refractivity contribution in [1.29, 1.82) is 0 Å². The maximum Gasteiger partial charge on any atom is 0.492 e. The molecule has 132 valence electrons. The van der Waals surface area contributed by atoms with E-state index >= 15 is 0 Å². The highest BCUT2D eigenvalue weighted by atomic mass is 16.7. The Hall–Kier alpha value is -1.08. The molecule has 6 heteroatoms. The average molecular weight is 334 g/mol. The van der Waals surface area contributed by atoms with Crippen LogP contribution in [0.25, 0.3) is 0 Å². The molecular formula is C18H27BO5. The zero-order valence-corrected chi connectivity index (χ0v) is 15.4. The summed E-state index contributed by atoms with van der Waals surface area (Å²) in [7, 11) is 1.23. The molecule has 3 rings (SSSR count). The Bertz CT molecular complexity index is 570.